The lowest BCUT2D eigenvalue weighted by atomic mass is 9.98. The van der Waals surface area contributed by atoms with Crippen molar-refractivity contribution in [2.24, 2.45) is 0 Å². The number of ether oxygens (including phenoxy) is 1. The Bertz CT molecular complexity index is 209. The van der Waals surface area contributed by atoms with E-state index < -0.39 is 0 Å². The number of carbonyl (C=O) groups excluding carboxylic acids is 2. The van der Waals surface area contributed by atoms with Crippen molar-refractivity contribution in [3.63, 3.8) is 0 Å². The SMILES string of the molecule is CC(=O)NCC(=O)OC1CCCCC1. The van der Waals surface area contributed by atoms with Gasteiger partial charge >= 0.3 is 5.97 Å². The van der Waals surface area contributed by atoms with Crippen LogP contribution in [0.25, 0.3) is 0 Å². The number of esters is 1. The minimum Gasteiger partial charge on any atom is -0.461 e. The third-order valence-corrected chi connectivity index (χ3v) is 2.33. The van der Waals surface area contributed by atoms with Gasteiger partial charge in [0.2, 0.25) is 5.91 Å². The first kappa shape index (κ1) is 11.0. The summed E-state index contributed by atoms with van der Waals surface area (Å²) in [6.07, 6.45) is 5.51. The van der Waals surface area contributed by atoms with E-state index in [-0.39, 0.29) is 24.5 Å². The first-order chi connectivity index (χ1) is 6.68. The smallest absolute Gasteiger partial charge is 0.325 e. The van der Waals surface area contributed by atoms with Crippen molar-refractivity contribution in [3.05, 3.63) is 0 Å². The molecule has 0 aromatic carbocycles. The zero-order chi connectivity index (χ0) is 10.4. The molecule has 4 nitrogen and oxygen atoms in total. The molecule has 0 heterocycles. The van der Waals surface area contributed by atoms with Crippen LogP contribution in [0.3, 0.4) is 0 Å². The molecule has 0 aromatic rings. The molecule has 0 saturated heterocycles. The highest BCUT2D eigenvalue weighted by atomic mass is 16.5. The van der Waals surface area contributed by atoms with Crippen LogP contribution in [0.2, 0.25) is 0 Å². The molecule has 0 spiro atoms. The summed E-state index contributed by atoms with van der Waals surface area (Å²) >= 11 is 0. The zero-order valence-electron chi connectivity index (χ0n) is 8.54. The molecule has 4 heteroatoms. The van der Waals surface area contributed by atoms with E-state index in [9.17, 15) is 9.59 Å². The normalized spacial score (nSPS) is 17.5. The number of rotatable bonds is 3. The van der Waals surface area contributed by atoms with Crippen LogP contribution >= 0.6 is 0 Å². The molecule has 1 saturated carbocycles. The molecule has 0 unspecified atom stereocenters. The molecule has 1 amide bonds. The van der Waals surface area contributed by atoms with Crippen molar-refractivity contribution in [1.82, 2.24) is 5.32 Å². The molecule has 0 aliphatic heterocycles. The van der Waals surface area contributed by atoms with Crippen LogP contribution in [-0.2, 0) is 14.3 Å². The first-order valence-corrected chi connectivity index (χ1v) is 5.12. The predicted octanol–water partition coefficient (Wildman–Crippen LogP) is 0.998. The maximum Gasteiger partial charge on any atom is 0.325 e. The van der Waals surface area contributed by atoms with Crippen LogP contribution in [0.4, 0.5) is 0 Å². The molecule has 1 N–H and O–H groups in total. The largest absolute Gasteiger partial charge is 0.461 e. The van der Waals surface area contributed by atoms with Crippen LogP contribution in [0.5, 0.6) is 0 Å². The molecule has 1 rings (SSSR count). The average Bonchev–Trinajstić information content (AvgIpc) is 2.16. The third-order valence-electron chi connectivity index (χ3n) is 2.33. The van der Waals surface area contributed by atoms with Crippen LogP contribution in [-0.4, -0.2) is 24.5 Å². The number of hydrogen-bond donors (Lipinski definition) is 1. The van der Waals surface area contributed by atoms with Gasteiger partial charge in [0, 0.05) is 6.92 Å². The van der Waals surface area contributed by atoms with E-state index in [1.807, 2.05) is 0 Å². The van der Waals surface area contributed by atoms with Gasteiger partial charge in [-0.1, -0.05) is 6.42 Å². The van der Waals surface area contributed by atoms with E-state index in [2.05, 4.69) is 5.32 Å². The molecule has 80 valence electrons. The lowest BCUT2D eigenvalue weighted by Crippen LogP contribution is -2.31. The number of hydrogen-bond acceptors (Lipinski definition) is 3. The standard InChI is InChI=1S/C10H17NO3/c1-8(12)11-7-10(13)14-9-5-3-2-4-6-9/h9H,2-7H2,1H3,(H,11,12). The summed E-state index contributed by atoms with van der Waals surface area (Å²) in [5.41, 5.74) is 0. The zero-order valence-corrected chi connectivity index (χ0v) is 8.54. The molecule has 0 atom stereocenters. The summed E-state index contributed by atoms with van der Waals surface area (Å²) < 4.78 is 5.19. The van der Waals surface area contributed by atoms with Gasteiger partial charge in [-0.3, -0.25) is 9.59 Å². The Kier molecular flexibility index (Phi) is 4.43. The molecule has 1 fully saturated rings. The van der Waals surface area contributed by atoms with Gasteiger partial charge in [-0.2, -0.15) is 0 Å². The summed E-state index contributed by atoms with van der Waals surface area (Å²) in [5, 5.41) is 2.42. The van der Waals surface area contributed by atoms with Gasteiger partial charge in [0.25, 0.3) is 0 Å². The molecule has 0 aromatic heterocycles. The fourth-order valence-corrected chi connectivity index (χ4v) is 1.61. The van der Waals surface area contributed by atoms with Crippen molar-refractivity contribution in [1.29, 1.82) is 0 Å². The molecule has 1 aliphatic carbocycles. The van der Waals surface area contributed by atoms with Crippen molar-refractivity contribution in [3.8, 4) is 0 Å². The molecule has 0 bridgehead atoms. The monoisotopic (exact) mass is 199 g/mol. The summed E-state index contributed by atoms with van der Waals surface area (Å²) in [4.78, 5) is 21.7. The number of carbonyl (C=O) groups is 2. The Hall–Kier alpha value is -1.06. The van der Waals surface area contributed by atoms with Crippen LogP contribution in [0.1, 0.15) is 39.0 Å². The molecule has 14 heavy (non-hydrogen) atoms. The van der Waals surface area contributed by atoms with Gasteiger partial charge in [0.15, 0.2) is 0 Å². The van der Waals surface area contributed by atoms with Crippen molar-refractivity contribution in [2.45, 2.75) is 45.1 Å². The maximum absolute atomic E-state index is 11.2. The Balaban J connectivity index is 2.15. The van der Waals surface area contributed by atoms with E-state index in [4.69, 9.17) is 4.74 Å². The molecular weight excluding hydrogens is 182 g/mol. The number of nitrogens with one attached hydrogen (secondary N) is 1. The van der Waals surface area contributed by atoms with Crippen molar-refractivity contribution < 1.29 is 14.3 Å². The second-order valence-electron chi connectivity index (χ2n) is 3.66. The minimum atomic E-state index is -0.327. The van der Waals surface area contributed by atoms with Crippen molar-refractivity contribution >= 4 is 11.9 Å². The number of amides is 1. The van der Waals surface area contributed by atoms with Crippen LogP contribution in [0.15, 0.2) is 0 Å². The van der Waals surface area contributed by atoms with Gasteiger partial charge in [-0.25, -0.2) is 0 Å². The van der Waals surface area contributed by atoms with Gasteiger partial charge in [0.1, 0.15) is 12.6 Å². The average molecular weight is 199 g/mol. The topological polar surface area (TPSA) is 55.4 Å². The highest BCUT2D eigenvalue weighted by molar-refractivity contribution is 5.80. The Morgan fingerprint density at radius 3 is 2.50 bits per heavy atom. The highest BCUT2D eigenvalue weighted by Crippen LogP contribution is 2.20. The Morgan fingerprint density at radius 1 is 1.29 bits per heavy atom. The van der Waals surface area contributed by atoms with Gasteiger partial charge in [0.05, 0.1) is 0 Å². The minimum absolute atomic E-state index is 0.00810. The fourth-order valence-electron chi connectivity index (χ4n) is 1.61. The van der Waals surface area contributed by atoms with E-state index in [0.29, 0.717) is 0 Å². The van der Waals surface area contributed by atoms with E-state index in [0.717, 1.165) is 25.7 Å². The third kappa shape index (κ3) is 4.25. The summed E-state index contributed by atoms with van der Waals surface area (Å²) in [5.74, 6) is -0.530. The van der Waals surface area contributed by atoms with E-state index in [1.54, 1.807) is 0 Å². The van der Waals surface area contributed by atoms with Gasteiger partial charge in [-0.05, 0) is 25.7 Å². The summed E-state index contributed by atoms with van der Waals surface area (Å²) in [6.45, 7) is 1.37. The second-order valence-corrected chi connectivity index (χ2v) is 3.66. The van der Waals surface area contributed by atoms with E-state index in [1.165, 1.54) is 13.3 Å². The lowest BCUT2D eigenvalue weighted by molar-refractivity contribution is -0.150. The van der Waals surface area contributed by atoms with Crippen LogP contribution in [0, 0.1) is 0 Å². The predicted molar refractivity (Wildman–Crippen MR) is 51.6 cm³/mol. The first-order valence-electron chi connectivity index (χ1n) is 5.12. The molecular formula is C10H17NO3. The second kappa shape index (κ2) is 5.62. The van der Waals surface area contributed by atoms with Gasteiger partial charge < -0.3 is 10.1 Å². The van der Waals surface area contributed by atoms with Gasteiger partial charge in [-0.15, -0.1) is 0 Å². The van der Waals surface area contributed by atoms with Crippen LogP contribution < -0.4 is 5.32 Å². The summed E-state index contributed by atoms with van der Waals surface area (Å²) in [6, 6.07) is 0. The van der Waals surface area contributed by atoms with Crippen molar-refractivity contribution in [2.75, 3.05) is 6.54 Å². The lowest BCUT2D eigenvalue weighted by Gasteiger charge is -2.21. The maximum atomic E-state index is 11.2. The quantitative estimate of drug-likeness (QED) is 0.690. The highest BCUT2D eigenvalue weighted by Gasteiger charge is 2.17. The molecule has 0 radical (unpaired) electrons. The molecule has 1 aliphatic rings. The Morgan fingerprint density at radius 2 is 1.93 bits per heavy atom. The summed E-state index contributed by atoms with van der Waals surface area (Å²) in [7, 11) is 0. The fraction of sp³-hybridized carbons (Fsp3) is 0.800. The van der Waals surface area contributed by atoms with E-state index >= 15 is 0 Å². The Labute approximate surface area is 84.0 Å².